The Morgan fingerprint density at radius 3 is 2.86 bits per heavy atom. The first-order chi connectivity index (χ1) is 10.2. The van der Waals surface area contributed by atoms with E-state index in [9.17, 15) is 0 Å². The van der Waals surface area contributed by atoms with Crippen LogP contribution >= 0.6 is 11.5 Å². The van der Waals surface area contributed by atoms with Crippen LogP contribution < -0.4 is 4.90 Å². The van der Waals surface area contributed by atoms with Crippen LogP contribution in [0, 0.1) is 0 Å². The number of pyridine rings is 1. The first-order valence-electron chi connectivity index (χ1n) is 7.10. The summed E-state index contributed by atoms with van der Waals surface area (Å²) in [7, 11) is 0. The number of aromatic nitrogens is 5. The van der Waals surface area contributed by atoms with Crippen LogP contribution in [-0.2, 0) is 0 Å². The quantitative estimate of drug-likeness (QED) is 0.743. The Morgan fingerprint density at radius 2 is 2.10 bits per heavy atom. The zero-order valence-corrected chi connectivity index (χ0v) is 12.8. The van der Waals surface area contributed by atoms with Gasteiger partial charge < -0.3 is 4.90 Å². The molecular weight excluding hydrogens is 284 g/mol. The van der Waals surface area contributed by atoms with Crippen LogP contribution in [0.15, 0.2) is 24.4 Å². The van der Waals surface area contributed by atoms with Gasteiger partial charge in [0, 0.05) is 36.7 Å². The number of nitrogens with zero attached hydrogens (tertiary/aromatic N) is 6. The third kappa shape index (κ3) is 2.08. The Bertz CT molecular complexity index is 770. The molecular formula is C14H16N6S. The summed E-state index contributed by atoms with van der Waals surface area (Å²) in [4.78, 5) is 6.86. The highest BCUT2D eigenvalue weighted by atomic mass is 32.1. The molecule has 0 bridgehead atoms. The highest BCUT2D eigenvalue weighted by Gasteiger charge is 2.33. The minimum absolute atomic E-state index is 0.382. The molecule has 21 heavy (non-hydrogen) atoms. The summed E-state index contributed by atoms with van der Waals surface area (Å²) < 4.78 is 6.48. The van der Waals surface area contributed by atoms with Crippen LogP contribution in [0.5, 0.6) is 0 Å². The van der Waals surface area contributed by atoms with Gasteiger partial charge >= 0.3 is 0 Å². The van der Waals surface area contributed by atoms with Gasteiger partial charge in [-0.05, 0) is 12.1 Å². The molecule has 1 aliphatic heterocycles. The molecule has 3 aromatic rings. The van der Waals surface area contributed by atoms with Gasteiger partial charge in [0.2, 0.25) is 5.13 Å². The van der Waals surface area contributed by atoms with E-state index in [2.05, 4.69) is 42.7 Å². The maximum Gasteiger partial charge on any atom is 0.205 e. The Balaban J connectivity index is 1.51. The lowest BCUT2D eigenvalue weighted by atomic mass is 10.0. The molecule has 0 spiro atoms. The number of fused-ring (bicyclic) bond motifs is 1. The Kier molecular flexibility index (Phi) is 2.88. The highest BCUT2D eigenvalue weighted by molar-refractivity contribution is 7.09. The zero-order valence-electron chi connectivity index (χ0n) is 12.0. The highest BCUT2D eigenvalue weighted by Crippen LogP contribution is 2.32. The molecule has 0 saturated carbocycles. The van der Waals surface area contributed by atoms with Gasteiger partial charge in [-0.1, -0.05) is 19.9 Å². The first kappa shape index (κ1) is 12.7. The van der Waals surface area contributed by atoms with E-state index < -0.39 is 0 Å². The smallest absolute Gasteiger partial charge is 0.205 e. The summed E-state index contributed by atoms with van der Waals surface area (Å²) in [6.07, 6.45) is 2.02. The van der Waals surface area contributed by atoms with E-state index >= 15 is 0 Å². The monoisotopic (exact) mass is 300 g/mol. The summed E-state index contributed by atoms with van der Waals surface area (Å²) in [6.45, 7) is 6.10. The minimum atomic E-state index is 0.382. The van der Waals surface area contributed by atoms with E-state index in [4.69, 9.17) is 0 Å². The predicted molar refractivity (Wildman–Crippen MR) is 81.9 cm³/mol. The number of anilines is 1. The van der Waals surface area contributed by atoms with E-state index in [1.54, 1.807) is 0 Å². The normalized spacial score (nSPS) is 15.9. The van der Waals surface area contributed by atoms with Crippen molar-refractivity contribution < 1.29 is 0 Å². The molecule has 4 heterocycles. The van der Waals surface area contributed by atoms with Gasteiger partial charge in [-0.25, -0.2) is 4.98 Å². The van der Waals surface area contributed by atoms with Gasteiger partial charge in [-0.15, -0.1) is 10.2 Å². The van der Waals surface area contributed by atoms with Crippen molar-refractivity contribution in [2.24, 2.45) is 0 Å². The van der Waals surface area contributed by atoms with Gasteiger partial charge in [-0.2, -0.15) is 4.37 Å². The zero-order chi connectivity index (χ0) is 14.4. The average molecular weight is 300 g/mol. The molecule has 1 aliphatic rings. The molecule has 0 unspecified atom stereocenters. The van der Waals surface area contributed by atoms with Gasteiger partial charge in [-0.3, -0.25) is 4.40 Å². The lowest BCUT2D eigenvalue weighted by Crippen LogP contribution is -2.45. The van der Waals surface area contributed by atoms with Crippen molar-refractivity contribution in [1.82, 2.24) is 24.0 Å². The molecule has 3 aromatic heterocycles. The second-order valence-corrected chi connectivity index (χ2v) is 6.41. The Labute approximate surface area is 126 Å². The van der Waals surface area contributed by atoms with Crippen LogP contribution in [0.4, 0.5) is 5.13 Å². The topological polar surface area (TPSA) is 59.2 Å². The molecule has 1 saturated heterocycles. The summed E-state index contributed by atoms with van der Waals surface area (Å²) in [5, 5.41) is 9.57. The van der Waals surface area contributed by atoms with Crippen LogP contribution in [0.25, 0.3) is 5.65 Å². The van der Waals surface area contributed by atoms with Crippen molar-refractivity contribution in [3.05, 3.63) is 36.0 Å². The summed E-state index contributed by atoms with van der Waals surface area (Å²) >= 11 is 1.49. The van der Waals surface area contributed by atoms with Gasteiger partial charge in [0.15, 0.2) is 5.65 Å². The molecule has 0 aliphatic carbocycles. The second kappa shape index (κ2) is 4.77. The maximum absolute atomic E-state index is 4.60. The van der Waals surface area contributed by atoms with E-state index in [-0.39, 0.29) is 0 Å². The molecule has 4 rings (SSSR count). The third-order valence-corrected chi connectivity index (χ3v) is 4.60. The molecule has 108 valence electrons. The molecule has 6 nitrogen and oxygen atoms in total. The maximum atomic E-state index is 4.60. The standard InChI is InChI=1S/C14H16N6S/c1-9(2)12-15-14(21-18-12)19-7-10(8-19)13-17-16-11-5-3-4-6-20(11)13/h3-6,9-10H,7-8H2,1-2H3. The van der Waals surface area contributed by atoms with Gasteiger partial charge in [0.1, 0.15) is 11.6 Å². The van der Waals surface area contributed by atoms with Crippen molar-refractivity contribution in [3.8, 4) is 0 Å². The van der Waals surface area contributed by atoms with Crippen molar-refractivity contribution >= 4 is 22.3 Å². The third-order valence-electron chi connectivity index (χ3n) is 3.80. The lowest BCUT2D eigenvalue weighted by Gasteiger charge is -2.37. The van der Waals surface area contributed by atoms with Gasteiger partial charge in [0.25, 0.3) is 0 Å². The molecule has 0 radical (unpaired) electrons. The van der Waals surface area contributed by atoms with E-state index in [1.807, 2.05) is 24.4 Å². The predicted octanol–water partition coefficient (Wildman–Crippen LogP) is 2.31. The number of hydrogen-bond donors (Lipinski definition) is 0. The largest absolute Gasteiger partial charge is 0.345 e. The number of hydrogen-bond acceptors (Lipinski definition) is 6. The fourth-order valence-corrected chi connectivity index (χ4v) is 3.35. The van der Waals surface area contributed by atoms with Crippen molar-refractivity contribution in [1.29, 1.82) is 0 Å². The summed E-state index contributed by atoms with van der Waals surface area (Å²) in [6, 6.07) is 5.97. The van der Waals surface area contributed by atoms with E-state index in [0.29, 0.717) is 11.8 Å². The molecule has 0 amide bonds. The van der Waals surface area contributed by atoms with Crippen LogP contribution in [0.3, 0.4) is 0 Å². The Hall–Kier alpha value is -2.02. The minimum Gasteiger partial charge on any atom is -0.345 e. The van der Waals surface area contributed by atoms with Crippen LogP contribution in [-0.4, -0.2) is 37.0 Å². The molecule has 0 N–H and O–H groups in total. The molecule has 7 heteroatoms. The number of rotatable bonds is 3. The molecule has 0 atom stereocenters. The fourth-order valence-electron chi connectivity index (χ4n) is 2.53. The van der Waals surface area contributed by atoms with Crippen LogP contribution in [0.1, 0.15) is 37.3 Å². The Morgan fingerprint density at radius 1 is 1.24 bits per heavy atom. The summed E-state index contributed by atoms with van der Waals surface area (Å²) in [5.41, 5.74) is 0.906. The van der Waals surface area contributed by atoms with Crippen molar-refractivity contribution in [2.45, 2.75) is 25.7 Å². The SMILES string of the molecule is CC(C)c1nsc(N2CC(c3nnc4ccccn34)C2)n1. The van der Waals surface area contributed by atoms with Crippen molar-refractivity contribution in [2.75, 3.05) is 18.0 Å². The lowest BCUT2D eigenvalue weighted by molar-refractivity contribution is 0.495. The fraction of sp³-hybridized carbons (Fsp3) is 0.429. The summed E-state index contributed by atoms with van der Waals surface area (Å²) in [5.74, 6) is 2.77. The average Bonchev–Trinajstić information content (AvgIpc) is 3.05. The first-order valence-corrected chi connectivity index (χ1v) is 7.88. The van der Waals surface area contributed by atoms with Crippen molar-refractivity contribution in [3.63, 3.8) is 0 Å². The molecule has 0 aromatic carbocycles. The second-order valence-electron chi connectivity index (χ2n) is 5.68. The van der Waals surface area contributed by atoms with E-state index in [0.717, 1.165) is 35.5 Å². The molecule has 1 fully saturated rings. The van der Waals surface area contributed by atoms with Crippen LogP contribution in [0.2, 0.25) is 0 Å². The van der Waals surface area contributed by atoms with E-state index in [1.165, 1.54) is 11.5 Å². The van der Waals surface area contributed by atoms with Gasteiger partial charge in [0.05, 0.1) is 5.92 Å².